The highest BCUT2D eigenvalue weighted by Gasteiger charge is 2.26. The van der Waals surface area contributed by atoms with Gasteiger partial charge in [-0.15, -0.1) is 0 Å². The summed E-state index contributed by atoms with van der Waals surface area (Å²) in [6.45, 7) is 4.23. The number of methoxy groups -OCH3 is 1. The molecule has 2 aromatic rings. The number of rotatable bonds is 3. The van der Waals surface area contributed by atoms with Gasteiger partial charge in [-0.1, -0.05) is 12.8 Å². The number of pyridine rings is 1. The molecule has 2 aliphatic rings. The number of hydrogen-bond acceptors (Lipinski definition) is 4. The van der Waals surface area contributed by atoms with Gasteiger partial charge < -0.3 is 9.64 Å². The van der Waals surface area contributed by atoms with Crippen LogP contribution in [0, 0.1) is 5.82 Å². The van der Waals surface area contributed by atoms with Crippen LogP contribution in [-0.2, 0) is 0 Å². The number of hydrogen-bond donors (Lipinski definition) is 0. The second kappa shape index (κ2) is 6.55. The zero-order valence-corrected chi connectivity index (χ0v) is 14.2. The summed E-state index contributed by atoms with van der Waals surface area (Å²) in [4.78, 5) is 9.36. The fourth-order valence-electron chi connectivity index (χ4n) is 4.16. The van der Waals surface area contributed by atoms with E-state index in [2.05, 4.69) is 14.8 Å². The van der Waals surface area contributed by atoms with Crippen molar-refractivity contribution in [2.75, 3.05) is 38.2 Å². The molecular weight excluding hydrogens is 305 g/mol. The molecule has 5 heteroatoms. The molecule has 1 aromatic carbocycles. The van der Waals surface area contributed by atoms with Crippen LogP contribution in [0.1, 0.15) is 25.7 Å². The molecule has 24 heavy (non-hydrogen) atoms. The average molecular weight is 329 g/mol. The molecule has 1 saturated heterocycles. The van der Waals surface area contributed by atoms with Crippen LogP contribution in [0.3, 0.4) is 0 Å². The van der Waals surface area contributed by atoms with Gasteiger partial charge in [-0.2, -0.15) is 0 Å². The molecule has 0 N–H and O–H groups in total. The van der Waals surface area contributed by atoms with Crippen LogP contribution in [0.2, 0.25) is 0 Å². The van der Waals surface area contributed by atoms with Crippen molar-refractivity contribution in [3.05, 3.63) is 30.2 Å². The second-order valence-corrected chi connectivity index (χ2v) is 6.80. The van der Waals surface area contributed by atoms with E-state index >= 15 is 0 Å². The average Bonchev–Trinajstić information content (AvgIpc) is 3.15. The van der Waals surface area contributed by atoms with Crippen molar-refractivity contribution >= 4 is 16.6 Å². The number of nitrogens with zero attached hydrogens (tertiary/aromatic N) is 3. The summed E-state index contributed by atoms with van der Waals surface area (Å²) >= 11 is 0. The quantitative estimate of drug-likeness (QED) is 0.862. The number of aromatic nitrogens is 1. The summed E-state index contributed by atoms with van der Waals surface area (Å²) in [5, 5.41) is 0.963. The Kier molecular flexibility index (Phi) is 4.27. The monoisotopic (exact) mass is 329 g/mol. The molecule has 0 radical (unpaired) electrons. The van der Waals surface area contributed by atoms with Crippen LogP contribution in [0.5, 0.6) is 5.75 Å². The minimum atomic E-state index is -0.360. The van der Waals surface area contributed by atoms with E-state index in [4.69, 9.17) is 4.74 Å². The Morgan fingerprint density at radius 3 is 2.58 bits per heavy atom. The van der Waals surface area contributed by atoms with Crippen molar-refractivity contribution < 1.29 is 9.13 Å². The van der Waals surface area contributed by atoms with Gasteiger partial charge in [0.05, 0.1) is 12.6 Å². The molecule has 1 saturated carbocycles. The summed E-state index contributed by atoms with van der Waals surface area (Å²) in [6.07, 6.45) is 7.24. The lowest BCUT2D eigenvalue weighted by molar-refractivity contribution is 0.187. The lowest BCUT2D eigenvalue weighted by Crippen LogP contribution is -2.49. The lowest BCUT2D eigenvalue weighted by Gasteiger charge is -2.39. The van der Waals surface area contributed by atoms with Crippen LogP contribution >= 0.6 is 0 Å². The van der Waals surface area contributed by atoms with E-state index in [1.165, 1.54) is 38.9 Å². The number of ether oxygens (including phenoxy) is 1. The smallest absolute Gasteiger partial charge is 0.167 e. The fraction of sp³-hybridized carbons (Fsp3) is 0.526. The van der Waals surface area contributed by atoms with Gasteiger partial charge >= 0.3 is 0 Å². The van der Waals surface area contributed by atoms with Crippen LogP contribution in [0.15, 0.2) is 24.4 Å². The first-order valence-electron chi connectivity index (χ1n) is 8.87. The summed E-state index contributed by atoms with van der Waals surface area (Å²) in [5.41, 5.74) is 1.81. The highest BCUT2D eigenvalue weighted by molar-refractivity contribution is 5.92. The fourth-order valence-corrected chi connectivity index (χ4v) is 4.16. The number of anilines is 1. The molecule has 4 rings (SSSR count). The van der Waals surface area contributed by atoms with Crippen molar-refractivity contribution in [3.8, 4) is 5.75 Å². The van der Waals surface area contributed by atoms with Gasteiger partial charge in [0.15, 0.2) is 11.6 Å². The number of benzene rings is 1. The standard InChI is InChI=1S/C19H24FN3O/c1-24-19-12-15-17(13-16(19)20)21-7-6-18(15)23-10-8-22(9-11-23)14-4-2-3-5-14/h6-7,12-14H,2-5,8-11H2,1H3. The third kappa shape index (κ3) is 2.81. The Balaban J connectivity index is 1.58. The molecule has 1 aliphatic carbocycles. The van der Waals surface area contributed by atoms with E-state index in [1.54, 1.807) is 12.3 Å². The Labute approximate surface area is 142 Å². The van der Waals surface area contributed by atoms with Crippen molar-refractivity contribution in [2.24, 2.45) is 0 Å². The van der Waals surface area contributed by atoms with Crippen molar-refractivity contribution in [1.29, 1.82) is 0 Å². The maximum absolute atomic E-state index is 13.9. The number of halogens is 1. The third-order valence-corrected chi connectivity index (χ3v) is 5.49. The highest BCUT2D eigenvalue weighted by Crippen LogP contribution is 2.32. The Bertz CT molecular complexity index is 722. The minimum absolute atomic E-state index is 0.279. The Morgan fingerprint density at radius 2 is 1.88 bits per heavy atom. The molecule has 0 spiro atoms. The van der Waals surface area contributed by atoms with Crippen LogP contribution < -0.4 is 9.64 Å². The SMILES string of the molecule is COc1cc2c(N3CCN(C4CCCC4)CC3)ccnc2cc1F. The van der Waals surface area contributed by atoms with E-state index in [0.29, 0.717) is 5.52 Å². The maximum atomic E-state index is 13.9. The summed E-state index contributed by atoms with van der Waals surface area (Å²) in [5.74, 6) is -0.0814. The van der Waals surface area contributed by atoms with E-state index in [1.807, 2.05) is 6.07 Å². The van der Waals surface area contributed by atoms with Gasteiger partial charge in [0.2, 0.25) is 0 Å². The predicted molar refractivity (Wildman–Crippen MR) is 94.3 cm³/mol. The van der Waals surface area contributed by atoms with Gasteiger partial charge in [0, 0.05) is 55.6 Å². The summed E-state index contributed by atoms with van der Waals surface area (Å²) < 4.78 is 19.1. The molecule has 2 heterocycles. The van der Waals surface area contributed by atoms with E-state index < -0.39 is 0 Å². The van der Waals surface area contributed by atoms with E-state index in [9.17, 15) is 4.39 Å². The Hall–Kier alpha value is -1.88. The van der Waals surface area contributed by atoms with Gasteiger partial charge in [0.1, 0.15) is 0 Å². The van der Waals surface area contributed by atoms with Gasteiger partial charge in [0.25, 0.3) is 0 Å². The van der Waals surface area contributed by atoms with E-state index in [-0.39, 0.29) is 11.6 Å². The lowest BCUT2D eigenvalue weighted by atomic mass is 10.1. The van der Waals surface area contributed by atoms with Gasteiger partial charge in [-0.05, 0) is 25.0 Å². The van der Waals surface area contributed by atoms with Crippen molar-refractivity contribution in [2.45, 2.75) is 31.7 Å². The molecule has 128 valence electrons. The molecule has 0 amide bonds. The molecule has 1 aliphatic heterocycles. The van der Waals surface area contributed by atoms with Gasteiger partial charge in [-0.3, -0.25) is 9.88 Å². The minimum Gasteiger partial charge on any atom is -0.494 e. The second-order valence-electron chi connectivity index (χ2n) is 6.80. The molecule has 0 bridgehead atoms. The largest absolute Gasteiger partial charge is 0.494 e. The molecule has 2 fully saturated rings. The van der Waals surface area contributed by atoms with Crippen molar-refractivity contribution in [3.63, 3.8) is 0 Å². The number of fused-ring (bicyclic) bond motifs is 1. The first kappa shape index (κ1) is 15.6. The first-order chi connectivity index (χ1) is 11.8. The molecule has 4 nitrogen and oxygen atoms in total. The maximum Gasteiger partial charge on any atom is 0.167 e. The first-order valence-corrected chi connectivity index (χ1v) is 8.87. The zero-order valence-electron chi connectivity index (χ0n) is 14.2. The van der Waals surface area contributed by atoms with Crippen molar-refractivity contribution in [1.82, 2.24) is 9.88 Å². The third-order valence-electron chi connectivity index (χ3n) is 5.49. The summed E-state index contributed by atoms with van der Waals surface area (Å²) in [7, 11) is 1.50. The number of piperazine rings is 1. The Morgan fingerprint density at radius 1 is 1.12 bits per heavy atom. The normalized spacial score (nSPS) is 20.0. The molecule has 0 atom stereocenters. The molecule has 0 unspecified atom stereocenters. The van der Waals surface area contributed by atoms with Crippen LogP contribution in [0.25, 0.3) is 10.9 Å². The van der Waals surface area contributed by atoms with E-state index in [0.717, 1.165) is 43.3 Å². The summed E-state index contributed by atoms with van der Waals surface area (Å²) in [6, 6.07) is 6.06. The zero-order chi connectivity index (χ0) is 16.5. The topological polar surface area (TPSA) is 28.6 Å². The van der Waals surface area contributed by atoms with Crippen LogP contribution in [-0.4, -0.2) is 49.2 Å². The predicted octanol–water partition coefficient (Wildman–Crippen LogP) is 3.45. The highest BCUT2D eigenvalue weighted by atomic mass is 19.1. The molecular formula is C19H24FN3O. The van der Waals surface area contributed by atoms with Crippen LogP contribution in [0.4, 0.5) is 10.1 Å². The molecule has 1 aromatic heterocycles. The van der Waals surface area contributed by atoms with Gasteiger partial charge in [-0.25, -0.2) is 4.39 Å².